The van der Waals surface area contributed by atoms with Gasteiger partial charge in [0, 0.05) is 24.2 Å². The Hall–Kier alpha value is -3.90. The van der Waals surface area contributed by atoms with E-state index in [1.165, 1.54) is 11.8 Å². The van der Waals surface area contributed by atoms with Crippen molar-refractivity contribution in [3.63, 3.8) is 0 Å². The molecule has 9 heteroatoms. The third-order valence-electron chi connectivity index (χ3n) is 7.11. The largest absolute Gasteiger partial charge is 0.497 e. The first-order valence-corrected chi connectivity index (χ1v) is 14.1. The van der Waals surface area contributed by atoms with Gasteiger partial charge in [-0.3, -0.25) is 9.59 Å². The molecule has 1 amide bonds. The van der Waals surface area contributed by atoms with E-state index in [9.17, 15) is 14.9 Å². The molecule has 8 nitrogen and oxygen atoms in total. The number of nitrogens with zero attached hydrogens (tertiary/aromatic N) is 1. The molecule has 0 saturated carbocycles. The zero-order chi connectivity index (χ0) is 28.9. The number of ether oxygens (including phenoxy) is 3. The second-order valence-corrected chi connectivity index (χ2v) is 11.6. The van der Waals surface area contributed by atoms with Crippen LogP contribution >= 0.6 is 11.8 Å². The maximum Gasteiger partial charge on any atom is 0.230 e. The monoisotopic (exact) mass is 561 g/mol. The van der Waals surface area contributed by atoms with Gasteiger partial charge in [0.15, 0.2) is 17.3 Å². The number of Topliss-reactive ketones (excluding diaryl/α,β-unsaturated/α-hetero) is 1. The summed E-state index contributed by atoms with van der Waals surface area (Å²) < 4.78 is 15.9. The lowest BCUT2D eigenvalue weighted by Gasteiger charge is -2.39. The molecule has 1 aliphatic heterocycles. The van der Waals surface area contributed by atoms with E-state index in [1.807, 2.05) is 42.5 Å². The lowest BCUT2D eigenvalue weighted by Crippen LogP contribution is -2.37. The first-order chi connectivity index (χ1) is 19.2. The number of ketones is 1. The van der Waals surface area contributed by atoms with Crippen molar-refractivity contribution < 1.29 is 23.8 Å². The molecule has 1 unspecified atom stereocenters. The summed E-state index contributed by atoms with van der Waals surface area (Å²) in [5, 5.41) is 17.2. The third kappa shape index (κ3) is 6.45. The molecule has 0 radical (unpaired) electrons. The quantitative estimate of drug-likeness (QED) is 0.423. The minimum atomic E-state index is -0.494. The van der Waals surface area contributed by atoms with Crippen LogP contribution in [0.3, 0.4) is 0 Å². The van der Waals surface area contributed by atoms with E-state index < -0.39 is 5.92 Å². The molecule has 2 N–H and O–H groups in total. The number of benzene rings is 2. The minimum absolute atomic E-state index is 0.0456. The van der Waals surface area contributed by atoms with E-state index >= 15 is 0 Å². The molecular weight excluding hydrogens is 526 g/mol. The van der Waals surface area contributed by atoms with Crippen molar-refractivity contribution in [1.82, 2.24) is 10.6 Å². The molecule has 2 aromatic carbocycles. The number of dihydropyridines is 1. The molecular formula is C31H35N3O5S. The molecule has 0 bridgehead atoms. The van der Waals surface area contributed by atoms with Gasteiger partial charge < -0.3 is 24.8 Å². The fourth-order valence-electron chi connectivity index (χ4n) is 5.19. The Morgan fingerprint density at radius 1 is 1.07 bits per heavy atom. The van der Waals surface area contributed by atoms with Crippen molar-refractivity contribution in [2.24, 2.45) is 5.41 Å². The zero-order valence-electron chi connectivity index (χ0n) is 23.6. The Bertz CT molecular complexity index is 1390. The van der Waals surface area contributed by atoms with E-state index in [2.05, 4.69) is 30.6 Å². The summed E-state index contributed by atoms with van der Waals surface area (Å²) in [5.74, 6) is 1.54. The molecule has 0 fully saturated rings. The Labute approximate surface area is 239 Å². The van der Waals surface area contributed by atoms with Gasteiger partial charge in [0.25, 0.3) is 0 Å². The number of thioether (sulfide) groups is 1. The number of allylic oxidation sites excluding steroid dienone is 3. The summed E-state index contributed by atoms with van der Waals surface area (Å²) in [4.78, 5) is 26.1. The van der Waals surface area contributed by atoms with Crippen LogP contribution in [0, 0.1) is 16.7 Å². The molecule has 1 heterocycles. The van der Waals surface area contributed by atoms with E-state index in [4.69, 9.17) is 14.2 Å². The predicted molar refractivity (Wildman–Crippen MR) is 155 cm³/mol. The van der Waals surface area contributed by atoms with E-state index in [1.54, 1.807) is 21.3 Å². The van der Waals surface area contributed by atoms with Gasteiger partial charge in [0.2, 0.25) is 5.91 Å². The number of carbonyl (C=O) groups excluding carboxylic acids is 2. The lowest BCUT2D eigenvalue weighted by molar-refractivity contribution is -0.119. The number of nitriles is 1. The molecule has 40 heavy (non-hydrogen) atoms. The van der Waals surface area contributed by atoms with Crippen LogP contribution < -0.4 is 24.8 Å². The van der Waals surface area contributed by atoms with E-state index in [-0.39, 0.29) is 22.9 Å². The van der Waals surface area contributed by atoms with Gasteiger partial charge in [-0.1, -0.05) is 43.8 Å². The minimum Gasteiger partial charge on any atom is -0.497 e. The first-order valence-electron chi connectivity index (χ1n) is 13.1. The van der Waals surface area contributed by atoms with E-state index in [0.717, 1.165) is 16.8 Å². The average Bonchev–Trinajstić information content (AvgIpc) is 2.94. The van der Waals surface area contributed by atoms with Gasteiger partial charge in [-0.05, 0) is 53.6 Å². The van der Waals surface area contributed by atoms with Crippen LogP contribution in [0.4, 0.5) is 0 Å². The molecule has 4 rings (SSSR count). The number of methoxy groups -OCH3 is 3. The number of carbonyl (C=O) groups is 2. The van der Waals surface area contributed by atoms with Crippen molar-refractivity contribution in [3.05, 3.63) is 75.5 Å². The molecule has 1 aliphatic carbocycles. The smallest absolute Gasteiger partial charge is 0.230 e. The highest BCUT2D eigenvalue weighted by Crippen LogP contribution is 2.48. The van der Waals surface area contributed by atoms with Gasteiger partial charge in [-0.15, -0.1) is 0 Å². The van der Waals surface area contributed by atoms with Crippen LogP contribution in [0.1, 0.15) is 43.7 Å². The van der Waals surface area contributed by atoms with Crippen molar-refractivity contribution in [2.45, 2.75) is 39.0 Å². The lowest BCUT2D eigenvalue weighted by atomic mass is 9.69. The highest BCUT2D eigenvalue weighted by atomic mass is 32.2. The standard InChI is InChI=1S/C31H35N3O5S/c1-31(2)15-23-29(24(35)16-31)28(20-7-9-21(37-3)10-8-20)22(17-32)30(34-23)40-18-27(36)33-13-12-19-6-11-25(38-4)26(14-19)39-5/h6-11,14,28,34H,12-13,15-16,18H2,1-5H3,(H,33,36). The van der Waals surface area contributed by atoms with Crippen LogP contribution in [0.25, 0.3) is 0 Å². The fourth-order valence-corrected chi connectivity index (χ4v) is 6.08. The molecule has 0 aromatic heterocycles. The van der Waals surface area contributed by atoms with Gasteiger partial charge >= 0.3 is 0 Å². The molecule has 1 atom stereocenters. The van der Waals surface area contributed by atoms with E-state index in [0.29, 0.717) is 59.2 Å². The number of nitrogens with one attached hydrogen (secondary N) is 2. The molecule has 210 valence electrons. The maximum absolute atomic E-state index is 13.4. The van der Waals surface area contributed by atoms with Gasteiger partial charge in [-0.25, -0.2) is 0 Å². The highest BCUT2D eigenvalue weighted by molar-refractivity contribution is 8.03. The summed E-state index contributed by atoms with van der Waals surface area (Å²) in [7, 11) is 4.78. The van der Waals surface area contributed by atoms with Crippen LogP contribution in [0.5, 0.6) is 17.2 Å². The van der Waals surface area contributed by atoms with Crippen molar-refractivity contribution in [1.29, 1.82) is 5.26 Å². The molecule has 2 aliphatic rings. The maximum atomic E-state index is 13.4. The fraction of sp³-hybridized carbons (Fsp3) is 0.387. The van der Waals surface area contributed by atoms with Crippen molar-refractivity contribution >= 4 is 23.5 Å². The zero-order valence-corrected chi connectivity index (χ0v) is 24.4. The summed E-state index contributed by atoms with van der Waals surface area (Å²) in [5.41, 5.74) is 3.58. The topological polar surface area (TPSA) is 110 Å². The molecule has 2 aromatic rings. The van der Waals surface area contributed by atoms with Gasteiger partial charge in [0.05, 0.1) is 49.7 Å². The van der Waals surface area contributed by atoms with Gasteiger partial charge in [-0.2, -0.15) is 5.26 Å². The second-order valence-electron chi connectivity index (χ2n) is 10.6. The Morgan fingerprint density at radius 2 is 1.80 bits per heavy atom. The Kier molecular flexibility index (Phi) is 9.10. The van der Waals surface area contributed by atoms with Crippen LogP contribution in [-0.2, 0) is 16.0 Å². The summed E-state index contributed by atoms with van der Waals surface area (Å²) in [6.07, 6.45) is 1.74. The SMILES string of the molecule is COc1ccc(C2C(C#N)=C(SCC(=O)NCCc3ccc(OC)c(OC)c3)NC3=C2C(=O)CC(C)(C)C3)cc1. The first kappa shape index (κ1) is 29.1. The average molecular weight is 562 g/mol. The molecule has 0 saturated heterocycles. The normalized spacial score (nSPS) is 17.9. The predicted octanol–water partition coefficient (Wildman–Crippen LogP) is 4.87. The van der Waals surface area contributed by atoms with Gasteiger partial charge in [0.1, 0.15) is 5.75 Å². The Balaban J connectivity index is 1.49. The number of amides is 1. The van der Waals surface area contributed by atoms with Crippen LogP contribution in [-0.4, -0.2) is 45.3 Å². The molecule has 0 spiro atoms. The second kappa shape index (κ2) is 12.5. The van der Waals surface area contributed by atoms with Crippen LogP contribution in [0.2, 0.25) is 0 Å². The van der Waals surface area contributed by atoms with Crippen molar-refractivity contribution in [3.8, 4) is 23.3 Å². The third-order valence-corrected chi connectivity index (χ3v) is 8.12. The summed E-state index contributed by atoms with van der Waals surface area (Å²) >= 11 is 1.29. The van der Waals surface area contributed by atoms with Crippen molar-refractivity contribution in [2.75, 3.05) is 33.6 Å². The number of hydrogen-bond donors (Lipinski definition) is 2. The number of hydrogen-bond acceptors (Lipinski definition) is 8. The van der Waals surface area contributed by atoms with Crippen LogP contribution in [0.15, 0.2) is 64.3 Å². The summed E-state index contributed by atoms with van der Waals surface area (Å²) in [6, 6.07) is 15.5. The highest BCUT2D eigenvalue weighted by Gasteiger charge is 2.42. The number of rotatable bonds is 10. The Morgan fingerprint density at radius 3 is 2.45 bits per heavy atom. The summed E-state index contributed by atoms with van der Waals surface area (Å²) in [6.45, 7) is 4.60.